The average Bonchev–Trinajstić information content (AvgIpc) is 2.64. The third-order valence-electron chi connectivity index (χ3n) is 3.15. The van der Waals surface area contributed by atoms with Crippen LogP contribution in [0.25, 0.3) is 11.0 Å². The van der Waals surface area contributed by atoms with Gasteiger partial charge in [-0.3, -0.25) is 0 Å². The summed E-state index contributed by atoms with van der Waals surface area (Å²) in [6, 6.07) is 1.00. The molecule has 3 nitrogen and oxygen atoms in total. The van der Waals surface area contributed by atoms with E-state index >= 15 is 0 Å². The Labute approximate surface area is 103 Å². The predicted molar refractivity (Wildman–Crippen MR) is 62.2 cm³/mol. The number of rotatable bonds is 2. The number of fused-ring (bicyclic) bond motifs is 1. The fraction of sp³-hybridized carbons (Fsp3) is 0.500. The van der Waals surface area contributed by atoms with Crippen LogP contribution in [0.2, 0.25) is 0 Å². The third kappa shape index (κ3) is 2.07. The van der Waals surface area contributed by atoms with Gasteiger partial charge in [-0.05, 0) is 12.5 Å². The van der Waals surface area contributed by atoms with Crippen LogP contribution >= 0.6 is 0 Å². The molecule has 0 saturated heterocycles. The van der Waals surface area contributed by atoms with E-state index in [2.05, 4.69) is 9.97 Å². The summed E-state index contributed by atoms with van der Waals surface area (Å²) >= 11 is 0. The van der Waals surface area contributed by atoms with Crippen molar-refractivity contribution in [2.75, 3.05) is 0 Å². The number of nitrogens with zero attached hydrogens (tertiary/aromatic N) is 3. The smallest absolute Gasteiger partial charge is 0.330 e. The Morgan fingerprint density at radius 3 is 2.61 bits per heavy atom. The first-order valence-electron chi connectivity index (χ1n) is 5.74. The molecule has 0 fully saturated rings. The van der Waals surface area contributed by atoms with E-state index in [9.17, 15) is 13.2 Å². The van der Waals surface area contributed by atoms with Crippen molar-refractivity contribution >= 4 is 11.0 Å². The number of aromatic nitrogens is 3. The van der Waals surface area contributed by atoms with Gasteiger partial charge in [-0.15, -0.1) is 0 Å². The minimum Gasteiger partial charge on any atom is -0.330 e. The largest absolute Gasteiger partial charge is 0.433 e. The van der Waals surface area contributed by atoms with Gasteiger partial charge in [0.25, 0.3) is 0 Å². The van der Waals surface area contributed by atoms with Crippen molar-refractivity contribution in [1.29, 1.82) is 0 Å². The Balaban J connectivity index is 2.59. The number of alkyl halides is 3. The van der Waals surface area contributed by atoms with Gasteiger partial charge >= 0.3 is 6.18 Å². The van der Waals surface area contributed by atoms with Crippen LogP contribution in [0.3, 0.4) is 0 Å². The Morgan fingerprint density at radius 1 is 1.39 bits per heavy atom. The molecule has 2 rings (SSSR count). The van der Waals surface area contributed by atoms with Crippen LogP contribution in [-0.4, -0.2) is 14.5 Å². The fourth-order valence-corrected chi connectivity index (χ4v) is 1.89. The summed E-state index contributed by atoms with van der Waals surface area (Å²) in [4.78, 5) is 7.73. The summed E-state index contributed by atoms with van der Waals surface area (Å²) in [6.45, 7) is 4.02. The highest BCUT2D eigenvalue weighted by Gasteiger charge is 2.33. The molecule has 2 heterocycles. The van der Waals surface area contributed by atoms with Gasteiger partial charge in [-0.1, -0.05) is 13.8 Å². The van der Waals surface area contributed by atoms with Crippen LogP contribution < -0.4 is 0 Å². The van der Waals surface area contributed by atoms with E-state index < -0.39 is 11.9 Å². The van der Waals surface area contributed by atoms with Gasteiger partial charge in [-0.25, -0.2) is 9.97 Å². The van der Waals surface area contributed by atoms with Crippen LogP contribution in [0.1, 0.15) is 37.7 Å². The Kier molecular flexibility index (Phi) is 3.04. The number of hydrogen-bond acceptors (Lipinski definition) is 2. The number of aryl methyl sites for hydroxylation is 1. The molecule has 1 atom stereocenters. The summed E-state index contributed by atoms with van der Waals surface area (Å²) in [6.07, 6.45) is -2.31. The minimum atomic E-state index is -4.43. The van der Waals surface area contributed by atoms with Crippen molar-refractivity contribution in [3.63, 3.8) is 0 Å². The number of halogens is 3. The Morgan fingerprint density at radius 2 is 2.06 bits per heavy atom. The summed E-state index contributed by atoms with van der Waals surface area (Å²) in [5.74, 6) is 0.991. The first-order chi connectivity index (χ1) is 8.34. The zero-order valence-electron chi connectivity index (χ0n) is 10.4. The molecule has 6 heteroatoms. The van der Waals surface area contributed by atoms with Crippen LogP contribution in [-0.2, 0) is 13.2 Å². The standard InChI is InChI=1S/C12H14F3N3/c1-4-7(2)11-17-8-5-10(12(13,14)15)16-6-9(8)18(11)3/h5-7H,4H2,1-3H3/t7-/m1/s1. The average molecular weight is 257 g/mol. The molecule has 0 N–H and O–H groups in total. The highest BCUT2D eigenvalue weighted by atomic mass is 19.4. The van der Waals surface area contributed by atoms with E-state index in [0.29, 0.717) is 11.0 Å². The van der Waals surface area contributed by atoms with E-state index in [1.165, 1.54) is 6.20 Å². The molecule has 0 aliphatic rings. The highest BCUT2D eigenvalue weighted by Crippen LogP contribution is 2.30. The highest BCUT2D eigenvalue weighted by molar-refractivity contribution is 5.75. The number of hydrogen-bond donors (Lipinski definition) is 0. The van der Waals surface area contributed by atoms with Gasteiger partial charge in [-0.2, -0.15) is 13.2 Å². The molecule has 98 valence electrons. The quantitative estimate of drug-likeness (QED) is 0.824. The maximum atomic E-state index is 12.6. The molecule has 0 saturated carbocycles. The van der Waals surface area contributed by atoms with Crippen LogP contribution in [0.4, 0.5) is 13.2 Å². The summed E-state index contributed by atoms with van der Waals surface area (Å²) in [5.41, 5.74) is 0.0669. The van der Waals surface area contributed by atoms with Crippen LogP contribution in [0.5, 0.6) is 0 Å². The zero-order chi connectivity index (χ0) is 13.5. The molecule has 2 aromatic heterocycles. The zero-order valence-corrected chi connectivity index (χ0v) is 10.4. The first kappa shape index (κ1) is 12.9. The molecule has 0 bridgehead atoms. The monoisotopic (exact) mass is 257 g/mol. The lowest BCUT2D eigenvalue weighted by molar-refractivity contribution is -0.141. The molecular formula is C12H14F3N3. The van der Waals surface area contributed by atoms with Crippen molar-refractivity contribution in [1.82, 2.24) is 14.5 Å². The second kappa shape index (κ2) is 4.26. The van der Waals surface area contributed by atoms with Crippen LogP contribution in [0.15, 0.2) is 12.3 Å². The van der Waals surface area contributed by atoms with Crippen molar-refractivity contribution in [2.45, 2.75) is 32.4 Å². The van der Waals surface area contributed by atoms with E-state index in [0.717, 1.165) is 18.3 Å². The maximum Gasteiger partial charge on any atom is 0.433 e. The molecule has 0 spiro atoms. The van der Waals surface area contributed by atoms with E-state index in [1.54, 1.807) is 11.6 Å². The molecule has 0 amide bonds. The summed E-state index contributed by atoms with van der Waals surface area (Å²) < 4.78 is 39.5. The molecular weight excluding hydrogens is 243 g/mol. The van der Waals surface area contributed by atoms with Gasteiger partial charge in [0.2, 0.25) is 0 Å². The molecule has 2 aromatic rings. The summed E-state index contributed by atoms with van der Waals surface area (Å²) in [7, 11) is 1.80. The van der Waals surface area contributed by atoms with Crippen molar-refractivity contribution in [2.24, 2.45) is 7.05 Å². The second-order valence-corrected chi connectivity index (χ2v) is 4.39. The SMILES string of the molecule is CC[C@@H](C)c1nc2cc(C(F)(F)F)ncc2n1C. The van der Waals surface area contributed by atoms with Gasteiger partial charge in [0.05, 0.1) is 17.2 Å². The number of imidazole rings is 1. The predicted octanol–water partition coefficient (Wildman–Crippen LogP) is 3.50. The first-order valence-corrected chi connectivity index (χ1v) is 5.74. The van der Waals surface area contributed by atoms with Crippen molar-refractivity contribution in [3.8, 4) is 0 Å². The van der Waals surface area contributed by atoms with E-state index in [1.807, 2.05) is 13.8 Å². The van der Waals surface area contributed by atoms with Gasteiger partial charge in [0, 0.05) is 13.0 Å². The van der Waals surface area contributed by atoms with Gasteiger partial charge in [0.1, 0.15) is 11.5 Å². The minimum absolute atomic E-state index is 0.205. The number of pyridine rings is 1. The Hall–Kier alpha value is -1.59. The van der Waals surface area contributed by atoms with E-state index in [4.69, 9.17) is 0 Å². The van der Waals surface area contributed by atoms with Crippen molar-refractivity contribution < 1.29 is 13.2 Å². The molecule has 18 heavy (non-hydrogen) atoms. The topological polar surface area (TPSA) is 30.7 Å². The molecule has 0 unspecified atom stereocenters. The lowest BCUT2D eigenvalue weighted by atomic mass is 10.1. The molecule has 0 aromatic carbocycles. The molecule has 0 aliphatic carbocycles. The Bertz CT molecular complexity index is 572. The third-order valence-corrected chi connectivity index (χ3v) is 3.15. The lowest BCUT2D eigenvalue weighted by Crippen LogP contribution is -2.07. The lowest BCUT2D eigenvalue weighted by Gasteiger charge is -2.08. The second-order valence-electron chi connectivity index (χ2n) is 4.39. The van der Waals surface area contributed by atoms with Crippen molar-refractivity contribution in [3.05, 3.63) is 23.8 Å². The van der Waals surface area contributed by atoms with Gasteiger partial charge in [0.15, 0.2) is 0 Å². The van der Waals surface area contributed by atoms with Crippen LogP contribution in [0, 0.1) is 0 Å². The summed E-state index contributed by atoms with van der Waals surface area (Å²) in [5, 5.41) is 0. The fourth-order valence-electron chi connectivity index (χ4n) is 1.89. The van der Waals surface area contributed by atoms with E-state index in [-0.39, 0.29) is 5.92 Å². The van der Waals surface area contributed by atoms with Gasteiger partial charge < -0.3 is 4.57 Å². The molecule has 0 aliphatic heterocycles. The maximum absolute atomic E-state index is 12.6. The molecule has 0 radical (unpaired) electrons. The normalized spacial score (nSPS) is 14.1.